The van der Waals surface area contributed by atoms with Crippen LogP contribution in [0.4, 0.5) is 0 Å². The molecule has 3 heterocycles. The summed E-state index contributed by atoms with van der Waals surface area (Å²) in [5.41, 5.74) is 1.18. The third-order valence-corrected chi connectivity index (χ3v) is 6.17. The lowest BCUT2D eigenvalue weighted by Crippen LogP contribution is -2.57. The van der Waals surface area contributed by atoms with Gasteiger partial charge in [0, 0.05) is 51.5 Å². The van der Waals surface area contributed by atoms with E-state index in [2.05, 4.69) is 42.7 Å². The molecule has 0 radical (unpaired) electrons. The molecular formula is C21H35N5O2. The highest BCUT2D eigenvalue weighted by molar-refractivity contribution is 5.88. The van der Waals surface area contributed by atoms with Crippen LogP contribution in [0.5, 0.6) is 0 Å². The van der Waals surface area contributed by atoms with Crippen molar-refractivity contribution in [3.8, 4) is 0 Å². The monoisotopic (exact) mass is 389 g/mol. The minimum atomic E-state index is -0.145. The largest absolute Gasteiger partial charge is 0.341 e. The number of hydrogen-bond acceptors (Lipinski definition) is 4. The van der Waals surface area contributed by atoms with Crippen molar-refractivity contribution in [1.29, 1.82) is 0 Å². The Hall–Kier alpha value is -1.89. The number of nitrogens with one attached hydrogen (secondary N) is 1. The maximum atomic E-state index is 12.8. The fourth-order valence-electron chi connectivity index (χ4n) is 4.25. The van der Waals surface area contributed by atoms with E-state index in [9.17, 15) is 9.59 Å². The summed E-state index contributed by atoms with van der Waals surface area (Å²) in [5, 5.41) is 3.29. The molecule has 2 aliphatic heterocycles. The molecule has 1 N–H and O–H groups in total. The summed E-state index contributed by atoms with van der Waals surface area (Å²) in [4.78, 5) is 33.6. The molecule has 7 heteroatoms. The molecule has 2 saturated heterocycles. The molecule has 1 unspecified atom stereocenters. The predicted molar refractivity (Wildman–Crippen MR) is 109 cm³/mol. The zero-order chi connectivity index (χ0) is 20.3. The highest BCUT2D eigenvalue weighted by Gasteiger charge is 2.32. The molecule has 0 aromatic carbocycles. The molecule has 2 aliphatic rings. The summed E-state index contributed by atoms with van der Waals surface area (Å²) in [6.45, 7) is 9.48. The number of piperazine rings is 1. The molecule has 7 nitrogen and oxygen atoms in total. The number of carbonyl (C=O) groups is 2. The maximum Gasteiger partial charge on any atom is 0.242 e. The van der Waals surface area contributed by atoms with E-state index in [4.69, 9.17) is 0 Å². The van der Waals surface area contributed by atoms with E-state index in [0.29, 0.717) is 18.4 Å². The van der Waals surface area contributed by atoms with Gasteiger partial charge in [0.25, 0.3) is 0 Å². The van der Waals surface area contributed by atoms with Crippen LogP contribution in [0.1, 0.15) is 44.6 Å². The van der Waals surface area contributed by atoms with E-state index in [1.807, 2.05) is 11.1 Å². The number of likely N-dealkylation sites (tertiary alicyclic amines) is 1. The van der Waals surface area contributed by atoms with E-state index in [0.717, 1.165) is 51.1 Å². The Morgan fingerprint density at radius 1 is 1.29 bits per heavy atom. The van der Waals surface area contributed by atoms with Gasteiger partial charge in [0.1, 0.15) is 5.82 Å². The Labute approximate surface area is 168 Å². The molecule has 156 valence electrons. The van der Waals surface area contributed by atoms with Crippen LogP contribution < -0.4 is 5.32 Å². The van der Waals surface area contributed by atoms with Crippen LogP contribution in [-0.4, -0.2) is 69.9 Å². The van der Waals surface area contributed by atoms with Crippen molar-refractivity contribution in [2.45, 2.75) is 52.5 Å². The van der Waals surface area contributed by atoms with Crippen molar-refractivity contribution in [3.63, 3.8) is 0 Å². The third kappa shape index (κ3) is 4.93. The first-order valence-electron chi connectivity index (χ1n) is 10.6. The second-order valence-corrected chi connectivity index (χ2v) is 8.80. The molecule has 0 bridgehead atoms. The quantitative estimate of drug-likeness (QED) is 0.797. The van der Waals surface area contributed by atoms with Gasteiger partial charge in [0.15, 0.2) is 0 Å². The van der Waals surface area contributed by atoms with Gasteiger partial charge in [0.05, 0.1) is 12.6 Å². The molecule has 3 rings (SSSR count). The second kappa shape index (κ2) is 9.07. The molecule has 0 spiro atoms. The van der Waals surface area contributed by atoms with Crippen LogP contribution in [-0.2, 0) is 23.1 Å². The van der Waals surface area contributed by atoms with Crippen LogP contribution in [0.25, 0.3) is 0 Å². The molecule has 1 aromatic rings. The van der Waals surface area contributed by atoms with E-state index < -0.39 is 0 Å². The lowest BCUT2D eigenvalue weighted by molar-refractivity contribution is -0.144. The summed E-state index contributed by atoms with van der Waals surface area (Å²) in [6.07, 6.45) is 5.72. The van der Waals surface area contributed by atoms with Crippen molar-refractivity contribution in [2.24, 2.45) is 18.9 Å². The normalized spacial score (nSPS) is 21.6. The first kappa shape index (κ1) is 20.8. The summed E-state index contributed by atoms with van der Waals surface area (Å²) >= 11 is 0. The Kier molecular flexibility index (Phi) is 6.75. The fourth-order valence-corrected chi connectivity index (χ4v) is 4.25. The average Bonchev–Trinajstić information content (AvgIpc) is 2.97. The smallest absolute Gasteiger partial charge is 0.242 e. The van der Waals surface area contributed by atoms with E-state index in [-0.39, 0.29) is 24.4 Å². The first-order valence-corrected chi connectivity index (χ1v) is 10.6. The Bertz CT molecular complexity index is 691. The second-order valence-electron chi connectivity index (χ2n) is 8.80. The average molecular weight is 390 g/mol. The molecular weight excluding hydrogens is 354 g/mol. The number of hydrogen-bond donors (Lipinski definition) is 1. The predicted octanol–water partition coefficient (Wildman–Crippen LogP) is 1.36. The van der Waals surface area contributed by atoms with Crippen molar-refractivity contribution in [2.75, 3.05) is 32.7 Å². The van der Waals surface area contributed by atoms with Crippen molar-refractivity contribution in [1.82, 2.24) is 24.7 Å². The molecule has 1 aromatic heterocycles. The number of imidazole rings is 1. The fraction of sp³-hybridized carbons (Fsp3) is 0.762. The summed E-state index contributed by atoms with van der Waals surface area (Å²) in [6, 6.07) is -0.145. The van der Waals surface area contributed by atoms with Gasteiger partial charge in [-0.25, -0.2) is 4.98 Å². The number of carbonyl (C=O) groups excluding carboxylic acids is 2. The lowest BCUT2D eigenvalue weighted by Gasteiger charge is -2.36. The zero-order valence-corrected chi connectivity index (χ0v) is 17.8. The maximum absolute atomic E-state index is 12.8. The van der Waals surface area contributed by atoms with Gasteiger partial charge in [-0.15, -0.1) is 0 Å². The van der Waals surface area contributed by atoms with Gasteiger partial charge in [-0.2, -0.15) is 0 Å². The molecule has 2 amide bonds. The van der Waals surface area contributed by atoms with Gasteiger partial charge in [0.2, 0.25) is 11.8 Å². The standard InChI is InChI=1S/C21H35N5O2/c1-15(2)11-18-21(28)26(10-7-22-18)14-20(27)25-8-5-17(6-9-25)12-19-23-13-16(3)24(19)4/h13,15,17-18,22H,5-12,14H2,1-4H3. The molecule has 1 atom stereocenters. The number of aryl methyl sites for hydroxylation is 1. The summed E-state index contributed by atoms with van der Waals surface area (Å²) in [7, 11) is 2.06. The molecule has 28 heavy (non-hydrogen) atoms. The number of rotatable bonds is 6. The van der Waals surface area contributed by atoms with E-state index in [1.54, 1.807) is 4.90 Å². The molecule has 0 aliphatic carbocycles. The van der Waals surface area contributed by atoms with Gasteiger partial charge in [-0.1, -0.05) is 13.8 Å². The van der Waals surface area contributed by atoms with Crippen LogP contribution in [0, 0.1) is 18.8 Å². The number of amides is 2. The van der Waals surface area contributed by atoms with E-state index >= 15 is 0 Å². The van der Waals surface area contributed by atoms with Gasteiger partial charge in [-0.05, 0) is 38.0 Å². The summed E-state index contributed by atoms with van der Waals surface area (Å²) in [5.74, 6) is 2.32. The van der Waals surface area contributed by atoms with Crippen LogP contribution in [0.15, 0.2) is 6.20 Å². The summed E-state index contributed by atoms with van der Waals surface area (Å²) < 4.78 is 2.15. The number of aromatic nitrogens is 2. The Morgan fingerprint density at radius 3 is 2.61 bits per heavy atom. The first-order chi connectivity index (χ1) is 13.3. The minimum absolute atomic E-state index is 0.0772. The van der Waals surface area contributed by atoms with E-state index in [1.165, 1.54) is 5.69 Å². The number of piperidine rings is 1. The van der Waals surface area contributed by atoms with Crippen LogP contribution >= 0.6 is 0 Å². The van der Waals surface area contributed by atoms with Gasteiger partial charge in [-0.3, -0.25) is 9.59 Å². The number of nitrogens with zero attached hydrogens (tertiary/aromatic N) is 4. The van der Waals surface area contributed by atoms with Crippen LogP contribution in [0.3, 0.4) is 0 Å². The lowest BCUT2D eigenvalue weighted by atomic mass is 9.93. The van der Waals surface area contributed by atoms with Crippen molar-refractivity contribution >= 4 is 11.8 Å². The Morgan fingerprint density at radius 2 is 2.00 bits per heavy atom. The van der Waals surface area contributed by atoms with Crippen molar-refractivity contribution in [3.05, 3.63) is 17.7 Å². The molecule has 2 fully saturated rings. The van der Waals surface area contributed by atoms with Crippen molar-refractivity contribution < 1.29 is 9.59 Å². The van der Waals surface area contributed by atoms with Gasteiger partial charge >= 0.3 is 0 Å². The highest BCUT2D eigenvalue weighted by atomic mass is 16.2. The molecule has 0 saturated carbocycles. The topological polar surface area (TPSA) is 70.5 Å². The highest BCUT2D eigenvalue weighted by Crippen LogP contribution is 2.22. The SMILES string of the molecule is Cc1cnc(CC2CCN(C(=O)CN3CCNC(CC(C)C)C3=O)CC2)n1C. The third-order valence-electron chi connectivity index (χ3n) is 6.17. The minimum Gasteiger partial charge on any atom is -0.341 e. The Balaban J connectivity index is 1.47. The van der Waals surface area contributed by atoms with Crippen LogP contribution in [0.2, 0.25) is 0 Å². The van der Waals surface area contributed by atoms with Gasteiger partial charge < -0.3 is 19.7 Å². The zero-order valence-electron chi connectivity index (χ0n) is 17.8.